The van der Waals surface area contributed by atoms with Crippen molar-refractivity contribution in [3.63, 3.8) is 0 Å². The Balaban J connectivity index is 1.56. The first-order chi connectivity index (χ1) is 15.2. The number of ether oxygens (including phenoxy) is 2. The highest BCUT2D eigenvalue weighted by Crippen LogP contribution is 2.29. The summed E-state index contributed by atoms with van der Waals surface area (Å²) in [5.74, 6) is 2.64. The molecule has 1 fully saturated rings. The summed E-state index contributed by atoms with van der Waals surface area (Å²) in [5, 5.41) is 0. The van der Waals surface area contributed by atoms with Crippen LogP contribution in [0.5, 0.6) is 5.75 Å². The smallest absolute Gasteiger partial charge is 0.257 e. The van der Waals surface area contributed by atoms with E-state index >= 15 is 0 Å². The average molecular weight is 427 g/mol. The van der Waals surface area contributed by atoms with Crippen LogP contribution in [0.3, 0.4) is 0 Å². The lowest BCUT2D eigenvalue weighted by Crippen LogP contribution is -2.51. The predicted octanol–water partition coefficient (Wildman–Crippen LogP) is 4.27. The maximum absolute atomic E-state index is 13.5. The highest BCUT2D eigenvalue weighted by molar-refractivity contribution is 5.97. The van der Waals surface area contributed by atoms with E-state index in [1.165, 1.54) is 0 Å². The fraction of sp³-hybridized carbons (Fsp3) is 0.560. The van der Waals surface area contributed by atoms with Crippen LogP contribution in [0, 0.1) is 6.92 Å². The van der Waals surface area contributed by atoms with E-state index in [1.807, 2.05) is 42.2 Å². The van der Waals surface area contributed by atoms with E-state index in [9.17, 15) is 4.79 Å². The van der Waals surface area contributed by atoms with Gasteiger partial charge in [-0.3, -0.25) is 9.69 Å². The molecular weight excluding hydrogens is 392 g/mol. The molecule has 0 N–H and O–H groups in total. The third-order valence-corrected chi connectivity index (χ3v) is 6.46. The van der Waals surface area contributed by atoms with E-state index in [-0.39, 0.29) is 18.1 Å². The van der Waals surface area contributed by atoms with Crippen molar-refractivity contribution in [2.45, 2.75) is 57.7 Å². The highest BCUT2D eigenvalue weighted by Gasteiger charge is 2.35. The highest BCUT2D eigenvalue weighted by atomic mass is 16.5. The van der Waals surface area contributed by atoms with Crippen molar-refractivity contribution in [1.29, 1.82) is 0 Å². The van der Waals surface area contributed by atoms with Gasteiger partial charge in [-0.2, -0.15) is 0 Å². The van der Waals surface area contributed by atoms with E-state index in [0.717, 1.165) is 69.8 Å². The van der Waals surface area contributed by atoms with Gasteiger partial charge in [0, 0.05) is 20.2 Å². The Morgan fingerprint density at radius 3 is 2.71 bits per heavy atom. The van der Waals surface area contributed by atoms with Crippen molar-refractivity contribution >= 4 is 5.91 Å². The number of rotatable bonds is 3. The molecule has 1 aromatic heterocycles. The Kier molecular flexibility index (Phi) is 7.30. The number of aryl methyl sites for hydroxylation is 1. The Morgan fingerprint density at radius 1 is 1.03 bits per heavy atom. The molecule has 0 aliphatic carbocycles. The van der Waals surface area contributed by atoms with E-state index in [2.05, 4.69) is 11.0 Å². The summed E-state index contributed by atoms with van der Waals surface area (Å²) in [4.78, 5) is 17.9. The van der Waals surface area contributed by atoms with Gasteiger partial charge in [0.1, 0.15) is 23.9 Å². The number of hydrogen-bond acceptors (Lipinski definition) is 5. The van der Waals surface area contributed by atoms with Crippen molar-refractivity contribution in [1.82, 2.24) is 9.80 Å². The van der Waals surface area contributed by atoms with Crippen LogP contribution in [0.4, 0.5) is 0 Å². The van der Waals surface area contributed by atoms with Gasteiger partial charge in [0.15, 0.2) is 0 Å². The number of carbonyl (C=O) groups is 1. The zero-order chi connectivity index (χ0) is 21.6. The zero-order valence-electron chi connectivity index (χ0n) is 18.7. The summed E-state index contributed by atoms with van der Waals surface area (Å²) in [5.41, 5.74) is 0.650. The number of amides is 1. The molecule has 0 saturated carbocycles. The van der Waals surface area contributed by atoms with Gasteiger partial charge in [-0.05, 0) is 63.4 Å². The lowest BCUT2D eigenvalue weighted by atomic mass is 9.93. The zero-order valence-corrected chi connectivity index (χ0v) is 18.7. The Bertz CT molecular complexity index is 865. The van der Waals surface area contributed by atoms with Crippen molar-refractivity contribution < 1.29 is 18.7 Å². The number of fused-ring (bicyclic) bond motifs is 2. The van der Waals surface area contributed by atoms with Gasteiger partial charge in [0.25, 0.3) is 5.91 Å². The first-order valence-electron chi connectivity index (χ1n) is 11.5. The first-order valence-corrected chi connectivity index (χ1v) is 11.5. The molecule has 2 aromatic rings. The van der Waals surface area contributed by atoms with Crippen molar-refractivity contribution in [2.24, 2.45) is 0 Å². The lowest BCUT2D eigenvalue weighted by Gasteiger charge is -2.41. The van der Waals surface area contributed by atoms with Gasteiger partial charge in [-0.15, -0.1) is 0 Å². The molecule has 1 saturated heterocycles. The standard InChI is InChI=1S/C25H34N2O4/c1-19-12-13-20(31-19)18-26-14-6-5-9-22-24(29-2)11-7-15-27(22)25(28)21-8-3-4-10-23(21)30-17-16-26/h3-4,8,10,12-13,22,24H,5-7,9,11,14-18H2,1-2H3/t22-,24-/m0/s1. The summed E-state index contributed by atoms with van der Waals surface area (Å²) < 4.78 is 17.7. The second-order valence-electron chi connectivity index (χ2n) is 8.61. The van der Waals surface area contributed by atoms with Crippen LogP contribution in [-0.2, 0) is 11.3 Å². The number of para-hydroxylation sites is 1. The Morgan fingerprint density at radius 2 is 1.90 bits per heavy atom. The minimum absolute atomic E-state index is 0.0597. The molecule has 1 amide bonds. The SMILES string of the molecule is CO[C@H]1CCCN2C(=O)c3ccccc3OCCN(Cc3ccc(C)o3)CCCC[C@@H]12. The Hall–Kier alpha value is -2.31. The third-order valence-electron chi connectivity index (χ3n) is 6.46. The first kappa shape index (κ1) is 21.9. The van der Waals surface area contributed by atoms with E-state index in [0.29, 0.717) is 17.9 Å². The van der Waals surface area contributed by atoms with Gasteiger partial charge in [-0.1, -0.05) is 18.6 Å². The maximum atomic E-state index is 13.5. The van der Waals surface area contributed by atoms with Crippen LogP contribution in [0.15, 0.2) is 40.8 Å². The van der Waals surface area contributed by atoms with Crippen molar-refractivity contribution in [3.8, 4) is 5.75 Å². The number of hydrogen-bond donors (Lipinski definition) is 0. The lowest BCUT2D eigenvalue weighted by molar-refractivity contribution is -0.0155. The van der Waals surface area contributed by atoms with Gasteiger partial charge in [0.2, 0.25) is 0 Å². The summed E-state index contributed by atoms with van der Waals surface area (Å²) in [6.07, 6.45) is 5.17. The molecule has 4 rings (SSSR count). The number of benzene rings is 1. The molecule has 0 spiro atoms. The molecule has 168 valence electrons. The topological polar surface area (TPSA) is 55.1 Å². The number of nitrogens with zero attached hydrogens (tertiary/aromatic N) is 2. The molecule has 2 aliphatic rings. The summed E-state index contributed by atoms with van der Waals surface area (Å²) in [6.45, 7) is 5.82. The largest absolute Gasteiger partial charge is 0.491 e. The fourth-order valence-electron chi connectivity index (χ4n) is 4.85. The minimum Gasteiger partial charge on any atom is -0.491 e. The average Bonchev–Trinajstić information content (AvgIpc) is 3.20. The molecule has 0 bridgehead atoms. The molecule has 0 radical (unpaired) electrons. The number of piperidine rings is 1. The minimum atomic E-state index is 0.0597. The van der Waals surface area contributed by atoms with Gasteiger partial charge < -0.3 is 18.8 Å². The summed E-state index contributed by atoms with van der Waals surface area (Å²) >= 11 is 0. The van der Waals surface area contributed by atoms with Crippen LogP contribution in [0.2, 0.25) is 0 Å². The van der Waals surface area contributed by atoms with Gasteiger partial charge in [-0.25, -0.2) is 0 Å². The monoisotopic (exact) mass is 426 g/mol. The second-order valence-corrected chi connectivity index (χ2v) is 8.61. The normalized spacial score (nSPS) is 23.7. The number of methoxy groups -OCH3 is 1. The number of furan rings is 1. The Labute approximate surface area is 185 Å². The van der Waals surface area contributed by atoms with Crippen molar-refractivity contribution in [3.05, 3.63) is 53.5 Å². The molecule has 2 atom stereocenters. The van der Waals surface area contributed by atoms with Crippen molar-refractivity contribution in [2.75, 3.05) is 33.4 Å². The van der Waals surface area contributed by atoms with E-state index < -0.39 is 0 Å². The molecule has 6 nitrogen and oxygen atoms in total. The van der Waals surface area contributed by atoms with Crippen LogP contribution in [-0.4, -0.2) is 61.2 Å². The van der Waals surface area contributed by atoms with Gasteiger partial charge >= 0.3 is 0 Å². The predicted molar refractivity (Wildman–Crippen MR) is 119 cm³/mol. The summed E-state index contributed by atoms with van der Waals surface area (Å²) in [7, 11) is 1.77. The van der Waals surface area contributed by atoms with Crippen LogP contribution < -0.4 is 4.74 Å². The summed E-state index contributed by atoms with van der Waals surface area (Å²) in [6, 6.07) is 11.8. The molecule has 31 heavy (non-hydrogen) atoms. The van der Waals surface area contributed by atoms with Gasteiger partial charge in [0.05, 0.1) is 24.3 Å². The third kappa shape index (κ3) is 5.31. The van der Waals surface area contributed by atoms with E-state index in [1.54, 1.807) is 7.11 Å². The number of carbonyl (C=O) groups excluding carboxylic acids is 1. The van der Waals surface area contributed by atoms with E-state index in [4.69, 9.17) is 13.9 Å². The molecule has 6 heteroatoms. The van der Waals surface area contributed by atoms with Crippen LogP contribution in [0.25, 0.3) is 0 Å². The fourth-order valence-corrected chi connectivity index (χ4v) is 4.85. The van der Waals surface area contributed by atoms with Crippen LogP contribution >= 0.6 is 0 Å². The molecular formula is C25H34N2O4. The quantitative estimate of drug-likeness (QED) is 0.734. The molecule has 2 aliphatic heterocycles. The van der Waals surface area contributed by atoms with Crippen LogP contribution in [0.1, 0.15) is 54.0 Å². The maximum Gasteiger partial charge on any atom is 0.257 e. The molecule has 3 heterocycles. The molecule has 1 aromatic carbocycles. The molecule has 0 unspecified atom stereocenters. The second kappa shape index (κ2) is 10.3.